The number of halogens is 2. The molecule has 13 heavy (non-hydrogen) atoms. The third-order valence-electron chi connectivity index (χ3n) is 1.77. The minimum atomic E-state index is 0.623. The lowest BCUT2D eigenvalue weighted by Crippen LogP contribution is -2.13. The van der Waals surface area contributed by atoms with Crippen LogP contribution in [-0.2, 0) is 6.54 Å². The summed E-state index contributed by atoms with van der Waals surface area (Å²) in [5, 5.41) is 4.56. The van der Waals surface area contributed by atoms with E-state index in [4.69, 9.17) is 23.2 Å². The van der Waals surface area contributed by atoms with Crippen LogP contribution in [0.15, 0.2) is 18.2 Å². The van der Waals surface area contributed by atoms with Gasteiger partial charge in [0.2, 0.25) is 0 Å². The van der Waals surface area contributed by atoms with Crippen molar-refractivity contribution < 1.29 is 0 Å². The number of benzene rings is 1. The van der Waals surface area contributed by atoms with Crippen molar-refractivity contribution in [3.8, 4) is 0 Å². The average molecular weight is 218 g/mol. The Labute approximate surface area is 89.0 Å². The molecule has 0 spiro atoms. The van der Waals surface area contributed by atoms with Crippen LogP contribution >= 0.6 is 23.2 Å². The lowest BCUT2D eigenvalue weighted by Gasteiger charge is -2.06. The van der Waals surface area contributed by atoms with Gasteiger partial charge in [0.05, 0.1) is 10.0 Å². The van der Waals surface area contributed by atoms with Gasteiger partial charge in [0.25, 0.3) is 0 Å². The smallest absolute Gasteiger partial charge is 0.0637 e. The lowest BCUT2D eigenvalue weighted by molar-refractivity contribution is 0.675. The van der Waals surface area contributed by atoms with Crippen LogP contribution in [0.2, 0.25) is 10.0 Å². The van der Waals surface area contributed by atoms with Crippen molar-refractivity contribution in [3.63, 3.8) is 0 Å². The molecule has 1 aromatic carbocycles. The summed E-state index contributed by atoms with van der Waals surface area (Å²) in [6.07, 6.45) is 1.12. The summed E-state index contributed by atoms with van der Waals surface area (Å²) in [6, 6.07) is 5.70. The molecule has 0 fully saturated rings. The van der Waals surface area contributed by atoms with Crippen LogP contribution in [0.5, 0.6) is 0 Å². The molecule has 0 radical (unpaired) electrons. The second kappa shape index (κ2) is 5.48. The van der Waals surface area contributed by atoms with Crippen molar-refractivity contribution in [1.82, 2.24) is 5.32 Å². The Morgan fingerprint density at radius 1 is 1.31 bits per heavy atom. The van der Waals surface area contributed by atoms with Gasteiger partial charge in [-0.2, -0.15) is 0 Å². The molecule has 0 saturated heterocycles. The third kappa shape index (κ3) is 3.18. The summed E-state index contributed by atoms with van der Waals surface area (Å²) in [5.41, 5.74) is 1.06. The van der Waals surface area contributed by atoms with Crippen molar-refractivity contribution >= 4 is 23.2 Å². The van der Waals surface area contributed by atoms with Crippen molar-refractivity contribution in [2.45, 2.75) is 19.9 Å². The molecule has 1 rings (SSSR count). The predicted molar refractivity (Wildman–Crippen MR) is 58.5 cm³/mol. The Bertz CT molecular complexity index is 274. The van der Waals surface area contributed by atoms with Gasteiger partial charge in [-0.1, -0.05) is 42.3 Å². The molecule has 0 aliphatic carbocycles. The molecular weight excluding hydrogens is 205 g/mol. The molecule has 0 bridgehead atoms. The van der Waals surface area contributed by atoms with Crippen LogP contribution in [0.3, 0.4) is 0 Å². The highest BCUT2D eigenvalue weighted by Crippen LogP contribution is 2.25. The molecular formula is C10H13Cl2N. The van der Waals surface area contributed by atoms with E-state index in [1.807, 2.05) is 12.1 Å². The molecule has 0 aliphatic heterocycles. The summed E-state index contributed by atoms with van der Waals surface area (Å²) < 4.78 is 0. The molecule has 3 heteroatoms. The summed E-state index contributed by atoms with van der Waals surface area (Å²) >= 11 is 11.9. The van der Waals surface area contributed by atoms with Crippen molar-refractivity contribution in [1.29, 1.82) is 0 Å². The minimum Gasteiger partial charge on any atom is -0.313 e. The van der Waals surface area contributed by atoms with Crippen molar-refractivity contribution in [2.75, 3.05) is 6.54 Å². The Morgan fingerprint density at radius 2 is 2.08 bits per heavy atom. The van der Waals surface area contributed by atoms with E-state index in [1.165, 1.54) is 0 Å². The minimum absolute atomic E-state index is 0.623. The first-order chi connectivity index (χ1) is 6.25. The maximum Gasteiger partial charge on any atom is 0.0637 e. The topological polar surface area (TPSA) is 12.0 Å². The fraction of sp³-hybridized carbons (Fsp3) is 0.400. The van der Waals surface area contributed by atoms with Gasteiger partial charge in [0.15, 0.2) is 0 Å². The molecule has 0 saturated carbocycles. The van der Waals surface area contributed by atoms with Crippen LogP contribution in [0.4, 0.5) is 0 Å². The van der Waals surface area contributed by atoms with Crippen LogP contribution in [0.25, 0.3) is 0 Å². The quantitative estimate of drug-likeness (QED) is 0.762. The van der Waals surface area contributed by atoms with Gasteiger partial charge in [-0.05, 0) is 24.6 Å². The van der Waals surface area contributed by atoms with E-state index in [2.05, 4.69) is 12.2 Å². The molecule has 1 nitrogen and oxygen atoms in total. The Hall–Kier alpha value is -0.240. The molecule has 0 atom stereocenters. The van der Waals surface area contributed by atoms with E-state index in [1.54, 1.807) is 6.07 Å². The summed E-state index contributed by atoms with van der Waals surface area (Å²) in [6.45, 7) is 3.92. The van der Waals surface area contributed by atoms with E-state index >= 15 is 0 Å². The van der Waals surface area contributed by atoms with Gasteiger partial charge >= 0.3 is 0 Å². The van der Waals surface area contributed by atoms with Crippen LogP contribution in [0, 0.1) is 0 Å². The van der Waals surface area contributed by atoms with Crippen LogP contribution < -0.4 is 5.32 Å². The first kappa shape index (κ1) is 10.8. The second-order valence-electron chi connectivity index (χ2n) is 2.89. The van der Waals surface area contributed by atoms with Gasteiger partial charge in [0.1, 0.15) is 0 Å². The Morgan fingerprint density at radius 3 is 2.77 bits per heavy atom. The fourth-order valence-corrected chi connectivity index (χ4v) is 1.47. The Balaban J connectivity index is 2.61. The summed E-state index contributed by atoms with van der Waals surface area (Å²) in [5.74, 6) is 0. The fourth-order valence-electron chi connectivity index (χ4n) is 1.08. The summed E-state index contributed by atoms with van der Waals surface area (Å²) in [4.78, 5) is 0. The Kier molecular flexibility index (Phi) is 4.57. The zero-order valence-electron chi connectivity index (χ0n) is 7.61. The highest BCUT2D eigenvalue weighted by Gasteiger charge is 2.02. The van der Waals surface area contributed by atoms with Crippen molar-refractivity contribution in [2.24, 2.45) is 0 Å². The number of rotatable bonds is 4. The first-order valence-electron chi connectivity index (χ1n) is 4.39. The number of hydrogen-bond donors (Lipinski definition) is 1. The van der Waals surface area contributed by atoms with E-state index < -0.39 is 0 Å². The lowest BCUT2D eigenvalue weighted by atomic mass is 10.2. The standard InChI is InChI=1S/C10H13Cl2N/c1-2-6-13-7-8-4-3-5-9(11)10(8)12/h3-5,13H,2,6-7H2,1H3. The van der Waals surface area contributed by atoms with E-state index in [-0.39, 0.29) is 0 Å². The molecule has 1 aromatic rings. The molecule has 0 aliphatic rings. The molecule has 72 valence electrons. The molecule has 0 unspecified atom stereocenters. The summed E-state index contributed by atoms with van der Waals surface area (Å²) in [7, 11) is 0. The second-order valence-corrected chi connectivity index (χ2v) is 3.67. The third-order valence-corrected chi connectivity index (χ3v) is 2.63. The normalized spacial score (nSPS) is 10.4. The zero-order valence-corrected chi connectivity index (χ0v) is 9.12. The number of hydrogen-bond acceptors (Lipinski definition) is 1. The molecule has 1 N–H and O–H groups in total. The van der Waals surface area contributed by atoms with Crippen LogP contribution in [0.1, 0.15) is 18.9 Å². The maximum absolute atomic E-state index is 6.00. The number of nitrogens with one attached hydrogen (secondary N) is 1. The zero-order chi connectivity index (χ0) is 9.68. The van der Waals surface area contributed by atoms with Gasteiger partial charge in [-0.3, -0.25) is 0 Å². The predicted octanol–water partition coefficient (Wildman–Crippen LogP) is 3.49. The van der Waals surface area contributed by atoms with Gasteiger partial charge < -0.3 is 5.32 Å². The van der Waals surface area contributed by atoms with E-state index in [0.29, 0.717) is 10.0 Å². The monoisotopic (exact) mass is 217 g/mol. The van der Waals surface area contributed by atoms with Gasteiger partial charge in [-0.15, -0.1) is 0 Å². The van der Waals surface area contributed by atoms with E-state index in [0.717, 1.165) is 25.1 Å². The molecule has 0 heterocycles. The SMILES string of the molecule is CCCNCc1cccc(Cl)c1Cl. The van der Waals surface area contributed by atoms with E-state index in [9.17, 15) is 0 Å². The first-order valence-corrected chi connectivity index (χ1v) is 5.15. The van der Waals surface area contributed by atoms with Gasteiger partial charge in [0, 0.05) is 6.54 Å². The highest BCUT2D eigenvalue weighted by molar-refractivity contribution is 6.42. The van der Waals surface area contributed by atoms with Crippen LogP contribution in [-0.4, -0.2) is 6.54 Å². The largest absolute Gasteiger partial charge is 0.313 e. The highest BCUT2D eigenvalue weighted by atomic mass is 35.5. The average Bonchev–Trinajstić information content (AvgIpc) is 2.13. The van der Waals surface area contributed by atoms with Crippen molar-refractivity contribution in [3.05, 3.63) is 33.8 Å². The maximum atomic E-state index is 6.00. The molecule has 0 aromatic heterocycles. The van der Waals surface area contributed by atoms with Gasteiger partial charge in [-0.25, -0.2) is 0 Å². The molecule has 0 amide bonds.